The summed E-state index contributed by atoms with van der Waals surface area (Å²) in [6.07, 6.45) is 0.855. The minimum Gasteiger partial charge on any atom is -0.355 e. The van der Waals surface area contributed by atoms with E-state index < -0.39 is 0 Å². The molecule has 1 fully saturated rings. The number of pyridine rings is 1. The Morgan fingerprint density at radius 3 is 2.69 bits per heavy atom. The Kier molecular flexibility index (Phi) is 7.39. The molecular formula is C22H27BrN4O2. The molecule has 1 aliphatic heterocycles. The summed E-state index contributed by atoms with van der Waals surface area (Å²) in [6.45, 7) is 7.65. The van der Waals surface area contributed by atoms with Gasteiger partial charge in [0.15, 0.2) is 0 Å². The second-order valence-electron chi connectivity index (χ2n) is 7.22. The van der Waals surface area contributed by atoms with Crippen LogP contribution in [-0.4, -0.2) is 65.9 Å². The van der Waals surface area contributed by atoms with Crippen LogP contribution in [0.3, 0.4) is 0 Å². The third-order valence-electron chi connectivity index (χ3n) is 5.05. The van der Waals surface area contributed by atoms with Gasteiger partial charge in [0.1, 0.15) is 0 Å². The zero-order valence-corrected chi connectivity index (χ0v) is 18.5. The zero-order chi connectivity index (χ0) is 20.8. The number of hydrogen-bond acceptors (Lipinski definition) is 4. The van der Waals surface area contributed by atoms with Crippen molar-refractivity contribution in [2.45, 2.75) is 20.3 Å². The van der Waals surface area contributed by atoms with Crippen LogP contribution < -0.4 is 5.32 Å². The normalized spacial score (nSPS) is 15.1. The van der Waals surface area contributed by atoms with Gasteiger partial charge in [0, 0.05) is 42.8 Å². The second-order valence-corrected chi connectivity index (χ2v) is 8.13. The molecule has 2 aromatic rings. The maximum absolute atomic E-state index is 13.1. The highest BCUT2D eigenvalue weighted by Crippen LogP contribution is 2.23. The molecule has 154 valence electrons. The summed E-state index contributed by atoms with van der Waals surface area (Å²) in [5.74, 6) is 0.0473. The maximum Gasteiger partial charge on any atom is 0.255 e. The molecule has 1 aliphatic rings. The van der Waals surface area contributed by atoms with Crippen molar-refractivity contribution in [3.8, 4) is 11.3 Å². The van der Waals surface area contributed by atoms with Crippen molar-refractivity contribution in [3.05, 3.63) is 52.1 Å². The van der Waals surface area contributed by atoms with Gasteiger partial charge in [-0.05, 0) is 44.5 Å². The monoisotopic (exact) mass is 458 g/mol. The number of aryl methyl sites for hydroxylation is 1. The number of halogens is 1. The third kappa shape index (κ3) is 5.64. The molecular weight excluding hydrogens is 432 g/mol. The van der Waals surface area contributed by atoms with Crippen LogP contribution in [0.5, 0.6) is 0 Å². The highest BCUT2D eigenvalue weighted by molar-refractivity contribution is 9.10. The van der Waals surface area contributed by atoms with E-state index in [0.717, 1.165) is 34.4 Å². The fraction of sp³-hybridized carbons (Fsp3) is 0.409. The lowest BCUT2D eigenvalue weighted by Gasteiger charge is -2.22. The van der Waals surface area contributed by atoms with Crippen molar-refractivity contribution in [3.63, 3.8) is 0 Å². The minimum absolute atomic E-state index is 0.00986. The Hall–Kier alpha value is -2.25. The van der Waals surface area contributed by atoms with Gasteiger partial charge < -0.3 is 10.2 Å². The van der Waals surface area contributed by atoms with Crippen molar-refractivity contribution in [1.82, 2.24) is 20.1 Å². The number of likely N-dealkylation sites (N-methyl/N-ethyl adjacent to an activating group) is 1. The SMILES string of the molecule is CCNC(=O)CN1CCCN(C(=O)c2ccc(-c3cccc(Br)c3)nc2C)CC1. The molecule has 2 amide bonds. The van der Waals surface area contributed by atoms with Crippen LogP contribution in [0.15, 0.2) is 40.9 Å². The summed E-state index contributed by atoms with van der Waals surface area (Å²) >= 11 is 3.49. The van der Waals surface area contributed by atoms with Crippen molar-refractivity contribution < 1.29 is 9.59 Å². The molecule has 2 heterocycles. The number of aromatic nitrogens is 1. The van der Waals surface area contributed by atoms with Gasteiger partial charge in [-0.15, -0.1) is 0 Å². The number of hydrogen-bond donors (Lipinski definition) is 1. The Labute approximate surface area is 180 Å². The Bertz CT molecular complexity index is 887. The van der Waals surface area contributed by atoms with Crippen LogP contribution in [-0.2, 0) is 4.79 Å². The number of benzene rings is 1. The third-order valence-corrected chi connectivity index (χ3v) is 5.55. The first-order chi connectivity index (χ1) is 14.0. The molecule has 1 N–H and O–H groups in total. The highest BCUT2D eigenvalue weighted by Gasteiger charge is 2.23. The molecule has 1 saturated heterocycles. The van der Waals surface area contributed by atoms with Gasteiger partial charge in [-0.2, -0.15) is 0 Å². The van der Waals surface area contributed by atoms with Gasteiger partial charge in [0.25, 0.3) is 5.91 Å². The molecule has 0 spiro atoms. The predicted molar refractivity (Wildman–Crippen MR) is 118 cm³/mol. The fourth-order valence-corrected chi connectivity index (χ4v) is 3.95. The van der Waals surface area contributed by atoms with Gasteiger partial charge in [-0.3, -0.25) is 19.5 Å². The van der Waals surface area contributed by atoms with E-state index >= 15 is 0 Å². The van der Waals surface area contributed by atoms with Gasteiger partial charge in [0.05, 0.1) is 23.5 Å². The summed E-state index contributed by atoms with van der Waals surface area (Å²) in [7, 11) is 0. The van der Waals surface area contributed by atoms with E-state index in [1.165, 1.54) is 0 Å². The van der Waals surface area contributed by atoms with E-state index in [0.29, 0.717) is 38.3 Å². The first-order valence-corrected chi connectivity index (χ1v) is 10.8. The summed E-state index contributed by atoms with van der Waals surface area (Å²) in [5, 5.41) is 2.83. The quantitative estimate of drug-likeness (QED) is 0.747. The standard InChI is InChI=1S/C22H27BrN4O2/c1-3-24-21(28)15-26-10-5-11-27(13-12-26)22(29)19-8-9-20(25-16(19)2)17-6-4-7-18(23)14-17/h4,6-9,14H,3,5,10-13,15H2,1-2H3,(H,24,28). The van der Waals surface area contributed by atoms with Crippen molar-refractivity contribution in [2.24, 2.45) is 0 Å². The number of nitrogens with zero attached hydrogens (tertiary/aromatic N) is 3. The molecule has 0 aliphatic carbocycles. The first-order valence-electron chi connectivity index (χ1n) is 10.00. The van der Waals surface area contributed by atoms with Crippen LogP contribution in [0.1, 0.15) is 29.4 Å². The molecule has 0 radical (unpaired) electrons. The largest absolute Gasteiger partial charge is 0.355 e. The van der Waals surface area contributed by atoms with Gasteiger partial charge in [-0.1, -0.05) is 28.1 Å². The highest BCUT2D eigenvalue weighted by atomic mass is 79.9. The molecule has 0 bridgehead atoms. The van der Waals surface area contributed by atoms with Crippen molar-refractivity contribution in [1.29, 1.82) is 0 Å². The summed E-state index contributed by atoms with van der Waals surface area (Å²) in [6, 6.07) is 11.7. The topological polar surface area (TPSA) is 65.5 Å². The lowest BCUT2D eigenvalue weighted by molar-refractivity contribution is -0.122. The van der Waals surface area contributed by atoms with Crippen LogP contribution in [0.2, 0.25) is 0 Å². The van der Waals surface area contributed by atoms with E-state index in [1.54, 1.807) is 0 Å². The van der Waals surface area contributed by atoms with Crippen molar-refractivity contribution >= 4 is 27.7 Å². The maximum atomic E-state index is 13.1. The Balaban J connectivity index is 1.68. The predicted octanol–water partition coefficient (Wildman–Crippen LogP) is 3.10. The number of carbonyl (C=O) groups is 2. The lowest BCUT2D eigenvalue weighted by atomic mass is 10.1. The number of amides is 2. The van der Waals surface area contributed by atoms with Gasteiger partial charge in [-0.25, -0.2) is 0 Å². The van der Waals surface area contributed by atoms with Crippen LogP contribution in [0, 0.1) is 6.92 Å². The Morgan fingerprint density at radius 2 is 1.97 bits per heavy atom. The molecule has 0 atom stereocenters. The van der Waals surface area contributed by atoms with E-state index in [4.69, 9.17) is 0 Å². The average molecular weight is 459 g/mol. The van der Waals surface area contributed by atoms with E-state index in [-0.39, 0.29) is 11.8 Å². The summed E-state index contributed by atoms with van der Waals surface area (Å²) in [5.41, 5.74) is 3.23. The van der Waals surface area contributed by atoms with E-state index in [2.05, 4.69) is 31.1 Å². The summed E-state index contributed by atoms with van der Waals surface area (Å²) < 4.78 is 0.997. The van der Waals surface area contributed by atoms with Crippen LogP contribution in [0.25, 0.3) is 11.3 Å². The molecule has 29 heavy (non-hydrogen) atoms. The number of nitrogens with one attached hydrogen (secondary N) is 1. The van der Waals surface area contributed by atoms with E-state index in [9.17, 15) is 9.59 Å². The lowest BCUT2D eigenvalue weighted by Crippen LogP contribution is -2.40. The Morgan fingerprint density at radius 1 is 1.14 bits per heavy atom. The van der Waals surface area contributed by atoms with Gasteiger partial charge in [0.2, 0.25) is 5.91 Å². The first kappa shape index (κ1) is 21.5. The second kappa shape index (κ2) is 9.98. The van der Waals surface area contributed by atoms with Crippen LogP contribution >= 0.6 is 15.9 Å². The number of rotatable bonds is 5. The molecule has 1 aromatic heterocycles. The van der Waals surface area contributed by atoms with E-state index in [1.807, 2.05) is 55.1 Å². The average Bonchev–Trinajstić information content (AvgIpc) is 2.93. The molecule has 0 unspecified atom stereocenters. The number of carbonyl (C=O) groups excluding carboxylic acids is 2. The molecule has 6 nitrogen and oxygen atoms in total. The van der Waals surface area contributed by atoms with Gasteiger partial charge >= 0.3 is 0 Å². The molecule has 0 saturated carbocycles. The summed E-state index contributed by atoms with van der Waals surface area (Å²) in [4.78, 5) is 33.6. The minimum atomic E-state index is 0.00986. The smallest absolute Gasteiger partial charge is 0.255 e. The fourth-order valence-electron chi connectivity index (χ4n) is 3.55. The van der Waals surface area contributed by atoms with Crippen molar-refractivity contribution in [2.75, 3.05) is 39.3 Å². The zero-order valence-electron chi connectivity index (χ0n) is 16.9. The van der Waals surface area contributed by atoms with Crippen LogP contribution in [0.4, 0.5) is 0 Å². The molecule has 3 rings (SSSR count). The molecule has 1 aromatic carbocycles. The molecule has 7 heteroatoms.